The lowest BCUT2D eigenvalue weighted by Gasteiger charge is -2.22. The number of hydrogen-bond acceptors (Lipinski definition) is 4. The largest absolute Gasteiger partial charge is 0.268 e. The normalized spacial score (nSPS) is 15.6. The van der Waals surface area contributed by atoms with Gasteiger partial charge in [0, 0.05) is 12.7 Å². The first-order chi connectivity index (χ1) is 6.36. The predicted octanol–water partition coefficient (Wildman–Crippen LogP) is 0.735. The van der Waals surface area contributed by atoms with Gasteiger partial charge in [0.15, 0.2) is 0 Å². The van der Waals surface area contributed by atoms with E-state index >= 15 is 0 Å². The van der Waals surface area contributed by atoms with E-state index in [1.807, 2.05) is 20.0 Å². The summed E-state index contributed by atoms with van der Waals surface area (Å²) in [7, 11) is 0. The molecule has 1 aromatic rings. The highest BCUT2D eigenvalue weighted by atomic mass is 15.4. The van der Waals surface area contributed by atoms with E-state index in [1.165, 1.54) is 5.56 Å². The van der Waals surface area contributed by atoms with Crippen molar-refractivity contribution in [1.29, 1.82) is 0 Å². The molecule has 2 N–H and O–H groups in total. The van der Waals surface area contributed by atoms with Crippen LogP contribution in [0, 0.1) is 0 Å². The molecule has 0 saturated carbocycles. The van der Waals surface area contributed by atoms with Crippen LogP contribution in [0.3, 0.4) is 0 Å². The monoisotopic (exact) mass is 180 g/mol. The summed E-state index contributed by atoms with van der Waals surface area (Å²) in [6.45, 7) is 5.65. The van der Waals surface area contributed by atoms with E-state index in [2.05, 4.69) is 9.97 Å². The van der Waals surface area contributed by atoms with Crippen molar-refractivity contribution in [3.8, 4) is 0 Å². The molecule has 1 aromatic heterocycles. The minimum Gasteiger partial charge on any atom is -0.268 e. The van der Waals surface area contributed by atoms with Crippen LogP contribution in [0.4, 0.5) is 0 Å². The molecule has 0 saturated heterocycles. The van der Waals surface area contributed by atoms with Gasteiger partial charge in [0.05, 0.1) is 12.2 Å². The van der Waals surface area contributed by atoms with Crippen LogP contribution in [-0.4, -0.2) is 21.5 Å². The fourth-order valence-corrected chi connectivity index (χ4v) is 1.27. The van der Waals surface area contributed by atoms with Crippen molar-refractivity contribution < 1.29 is 0 Å². The predicted molar refractivity (Wildman–Crippen MR) is 51.7 cm³/mol. The third-order valence-corrected chi connectivity index (χ3v) is 1.90. The highest BCUT2D eigenvalue weighted by Crippen LogP contribution is 2.11. The Balaban J connectivity index is 0.000000396. The van der Waals surface area contributed by atoms with Gasteiger partial charge in [0.25, 0.3) is 0 Å². The molecule has 0 amide bonds. The van der Waals surface area contributed by atoms with Crippen molar-refractivity contribution in [3.63, 3.8) is 0 Å². The molecule has 4 heteroatoms. The highest BCUT2D eigenvalue weighted by molar-refractivity contribution is 5.18. The quantitative estimate of drug-likeness (QED) is 0.598. The Morgan fingerprint density at radius 3 is 3.00 bits per heavy atom. The maximum atomic E-state index is 5.62. The van der Waals surface area contributed by atoms with Gasteiger partial charge in [-0.15, -0.1) is 0 Å². The Hall–Kier alpha value is -1.00. The van der Waals surface area contributed by atoms with E-state index in [0.29, 0.717) is 0 Å². The third kappa shape index (κ3) is 2.47. The van der Waals surface area contributed by atoms with Crippen LogP contribution in [0.1, 0.15) is 25.1 Å². The van der Waals surface area contributed by atoms with E-state index in [0.717, 1.165) is 25.2 Å². The van der Waals surface area contributed by atoms with Crippen molar-refractivity contribution in [1.82, 2.24) is 15.0 Å². The zero-order valence-electron chi connectivity index (χ0n) is 8.20. The Kier molecular flexibility index (Phi) is 3.79. The van der Waals surface area contributed by atoms with E-state index in [4.69, 9.17) is 5.84 Å². The van der Waals surface area contributed by atoms with E-state index in [9.17, 15) is 0 Å². The second-order valence-electron chi connectivity index (χ2n) is 2.72. The second-order valence-corrected chi connectivity index (χ2v) is 2.72. The molecule has 13 heavy (non-hydrogen) atoms. The van der Waals surface area contributed by atoms with Gasteiger partial charge in [0.2, 0.25) is 0 Å². The Bertz CT molecular complexity index is 262. The lowest BCUT2D eigenvalue weighted by molar-refractivity contribution is 0.258. The maximum Gasteiger partial charge on any atom is 0.115 e. The van der Waals surface area contributed by atoms with Crippen LogP contribution in [0.2, 0.25) is 0 Å². The molecule has 2 heterocycles. The lowest BCUT2D eigenvalue weighted by atomic mass is 10.1. The fourth-order valence-electron chi connectivity index (χ4n) is 1.27. The molecule has 4 nitrogen and oxygen atoms in total. The van der Waals surface area contributed by atoms with E-state index in [1.54, 1.807) is 11.3 Å². The van der Waals surface area contributed by atoms with Gasteiger partial charge in [-0.2, -0.15) is 0 Å². The van der Waals surface area contributed by atoms with E-state index < -0.39 is 0 Å². The van der Waals surface area contributed by atoms with Gasteiger partial charge in [-0.3, -0.25) is 5.84 Å². The van der Waals surface area contributed by atoms with Crippen LogP contribution >= 0.6 is 0 Å². The van der Waals surface area contributed by atoms with Crippen LogP contribution in [0.5, 0.6) is 0 Å². The first kappa shape index (κ1) is 10.1. The van der Waals surface area contributed by atoms with Crippen molar-refractivity contribution in [2.24, 2.45) is 5.84 Å². The van der Waals surface area contributed by atoms with Crippen LogP contribution in [-0.2, 0) is 13.0 Å². The number of aromatic nitrogens is 2. The van der Waals surface area contributed by atoms with Gasteiger partial charge in [-0.05, 0) is 12.0 Å². The third-order valence-electron chi connectivity index (χ3n) is 1.90. The minimum atomic E-state index is 0.748. The summed E-state index contributed by atoms with van der Waals surface area (Å²) in [4.78, 5) is 8.09. The lowest BCUT2D eigenvalue weighted by Crippen LogP contribution is -2.36. The van der Waals surface area contributed by atoms with Crippen LogP contribution < -0.4 is 5.84 Å². The first-order valence-corrected chi connectivity index (χ1v) is 4.63. The van der Waals surface area contributed by atoms with Crippen LogP contribution in [0.25, 0.3) is 0 Å². The topological polar surface area (TPSA) is 55.0 Å². The molecule has 0 aliphatic carbocycles. The minimum absolute atomic E-state index is 0.748. The Labute approximate surface area is 78.8 Å². The average Bonchev–Trinajstić information content (AvgIpc) is 2.21. The molecular weight excluding hydrogens is 164 g/mol. The number of fused-ring (bicyclic) bond motifs is 1. The molecule has 0 spiro atoms. The number of nitrogens with zero attached hydrogens (tertiary/aromatic N) is 3. The molecule has 2 rings (SSSR count). The van der Waals surface area contributed by atoms with Crippen molar-refractivity contribution in [2.45, 2.75) is 26.8 Å². The van der Waals surface area contributed by atoms with Gasteiger partial charge in [0.1, 0.15) is 6.33 Å². The van der Waals surface area contributed by atoms with Crippen molar-refractivity contribution in [2.75, 3.05) is 6.54 Å². The van der Waals surface area contributed by atoms with Gasteiger partial charge < -0.3 is 0 Å². The van der Waals surface area contributed by atoms with Crippen molar-refractivity contribution in [3.05, 3.63) is 23.8 Å². The number of hydrogen-bond donors (Lipinski definition) is 1. The van der Waals surface area contributed by atoms with Crippen molar-refractivity contribution >= 4 is 0 Å². The summed E-state index contributed by atoms with van der Waals surface area (Å²) in [5.74, 6) is 5.62. The molecular formula is C9H16N4. The van der Waals surface area contributed by atoms with E-state index in [-0.39, 0.29) is 0 Å². The summed E-state index contributed by atoms with van der Waals surface area (Å²) in [6, 6.07) is 0. The molecule has 0 fully saturated rings. The molecule has 72 valence electrons. The maximum absolute atomic E-state index is 5.62. The summed E-state index contributed by atoms with van der Waals surface area (Å²) in [5, 5.41) is 1.77. The zero-order chi connectivity index (χ0) is 9.68. The van der Waals surface area contributed by atoms with Gasteiger partial charge in [-0.1, -0.05) is 13.8 Å². The SMILES string of the molecule is CC.NN1CCc2cncnc2C1. The fraction of sp³-hybridized carbons (Fsp3) is 0.556. The highest BCUT2D eigenvalue weighted by Gasteiger charge is 2.13. The average molecular weight is 180 g/mol. The summed E-state index contributed by atoms with van der Waals surface area (Å²) < 4.78 is 0. The molecule has 0 radical (unpaired) electrons. The van der Waals surface area contributed by atoms with Crippen LogP contribution in [0.15, 0.2) is 12.5 Å². The molecule has 0 unspecified atom stereocenters. The molecule has 0 bridgehead atoms. The number of hydrazine groups is 1. The smallest absolute Gasteiger partial charge is 0.115 e. The number of nitrogens with two attached hydrogens (primary N) is 1. The Morgan fingerprint density at radius 2 is 2.23 bits per heavy atom. The van der Waals surface area contributed by atoms with Gasteiger partial charge >= 0.3 is 0 Å². The summed E-state index contributed by atoms with van der Waals surface area (Å²) >= 11 is 0. The molecule has 1 aliphatic rings. The van der Waals surface area contributed by atoms with Gasteiger partial charge in [-0.25, -0.2) is 15.0 Å². The number of rotatable bonds is 0. The summed E-state index contributed by atoms with van der Waals surface area (Å²) in [6.07, 6.45) is 4.40. The first-order valence-electron chi connectivity index (χ1n) is 4.63. The standard InChI is InChI=1S/C7H10N4.C2H6/c8-11-2-1-6-3-9-5-10-7(6)4-11;1-2/h3,5H,1-2,4,8H2;1-2H3. The second kappa shape index (κ2) is 4.89. The Morgan fingerprint density at radius 1 is 1.46 bits per heavy atom. The summed E-state index contributed by atoms with van der Waals surface area (Å²) in [5.41, 5.74) is 2.29. The molecule has 0 atom stereocenters. The molecule has 0 aromatic carbocycles. The molecule has 1 aliphatic heterocycles. The zero-order valence-corrected chi connectivity index (χ0v) is 8.20.